The van der Waals surface area contributed by atoms with E-state index in [9.17, 15) is 9.59 Å². The maximum absolute atomic E-state index is 12.2. The molecule has 1 fully saturated rings. The van der Waals surface area contributed by atoms with E-state index in [1.165, 1.54) is 0 Å². The van der Waals surface area contributed by atoms with Gasteiger partial charge in [0.15, 0.2) is 0 Å². The predicted octanol–water partition coefficient (Wildman–Crippen LogP) is 1.50. The number of nitrogens with one attached hydrogen (secondary N) is 1. The molecule has 1 heterocycles. The van der Waals surface area contributed by atoms with E-state index in [0.29, 0.717) is 31.7 Å². The lowest BCUT2D eigenvalue weighted by atomic mass is 10.1. The fourth-order valence-electron chi connectivity index (χ4n) is 2.71. The highest BCUT2D eigenvalue weighted by Gasteiger charge is 2.29. The molecule has 1 aliphatic heterocycles. The number of carbonyl (C=O) groups is 2. The van der Waals surface area contributed by atoms with Crippen molar-refractivity contribution in [3.8, 4) is 0 Å². The van der Waals surface area contributed by atoms with Crippen molar-refractivity contribution in [2.45, 2.75) is 45.4 Å². The van der Waals surface area contributed by atoms with Crippen molar-refractivity contribution >= 4 is 17.5 Å². The predicted molar refractivity (Wildman–Crippen MR) is 88.8 cm³/mol. The molecule has 2 rings (SSSR count). The third-order valence-electron chi connectivity index (χ3n) is 4.06. The van der Waals surface area contributed by atoms with Crippen LogP contribution in [0.15, 0.2) is 24.3 Å². The van der Waals surface area contributed by atoms with Gasteiger partial charge in [-0.2, -0.15) is 0 Å². The Morgan fingerprint density at radius 2 is 2.17 bits per heavy atom. The lowest BCUT2D eigenvalue weighted by Crippen LogP contribution is -2.30. The lowest BCUT2D eigenvalue weighted by Gasteiger charge is -2.19. The molecule has 2 atom stereocenters. The van der Waals surface area contributed by atoms with E-state index in [0.717, 1.165) is 12.0 Å². The number of hydrogen-bond donors (Lipinski definition) is 2. The summed E-state index contributed by atoms with van der Waals surface area (Å²) in [6, 6.07) is 7.54. The SMILES string of the molecule is CCN(Cc1cccc(NC(=O)[C@@H]2CC[C@H](CN)O2)c1)C(C)=O. The number of benzene rings is 1. The zero-order valence-electron chi connectivity index (χ0n) is 13.7. The fraction of sp³-hybridized carbons (Fsp3) is 0.529. The standard InChI is InChI=1S/C17H25N3O3/c1-3-20(12(2)21)11-13-5-4-6-14(9-13)19-17(22)16-8-7-15(10-18)23-16/h4-6,9,15-16H,3,7-8,10-11,18H2,1-2H3,(H,19,22)/t15-,16+/m1/s1. The van der Waals surface area contributed by atoms with Crippen LogP contribution in [-0.4, -0.2) is 42.0 Å². The Bertz CT molecular complexity index is 562. The van der Waals surface area contributed by atoms with Gasteiger partial charge in [0, 0.05) is 32.2 Å². The van der Waals surface area contributed by atoms with Gasteiger partial charge in [-0.25, -0.2) is 0 Å². The van der Waals surface area contributed by atoms with Gasteiger partial charge in [-0.1, -0.05) is 12.1 Å². The van der Waals surface area contributed by atoms with Gasteiger partial charge in [0.05, 0.1) is 6.10 Å². The first-order chi connectivity index (χ1) is 11.0. The summed E-state index contributed by atoms with van der Waals surface area (Å²) < 4.78 is 5.60. The fourth-order valence-corrected chi connectivity index (χ4v) is 2.71. The highest BCUT2D eigenvalue weighted by Crippen LogP contribution is 2.21. The van der Waals surface area contributed by atoms with Gasteiger partial charge in [-0.3, -0.25) is 9.59 Å². The quantitative estimate of drug-likeness (QED) is 0.832. The topological polar surface area (TPSA) is 84.7 Å². The minimum atomic E-state index is -0.434. The molecule has 126 valence electrons. The van der Waals surface area contributed by atoms with E-state index in [1.54, 1.807) is 11.8 Å². The smallest absolute Gasteiger partial charge is 0.253 e. The summed E-state index contributed by atoms with van der Waals surface area (Å²) in [5.41, 5.74) is 7.26. The second kappa shape index (κ2) is 8.08. The Morgan fingerprint density at radius 1 is 1.39 bits per heavy atom. The molecule has 23 heavy (non-hydrogen) atoms. The van der Waals surface area contributed by atoms with Crippen molar-refractivity contribution in [2.75, 3.05) is 18.4 Å². The van der Waals surface area contributed by atoms with Crippen LogP contribution in [0.3, 0.4) is 0 Å². The molecule has 1 aliphatic rings. The first-order valence-electron chi connectivity index (χ1n) is 8.04. The van der Waals surface area contributed by atoms with Gasteiger partial charge in [0.25, 0.3) is 5.91 Å². The molecule has 1 aromatic carbocycles. The Balaban J connectivity index is 1.97. The van der Waals surface area contributed by atoms with Gasteiger partial charge < -0.3 is 20.7 Å². The number of rotatable bonds is 6. The molecule has 0 saturated carbocycles. The number of amides is 2. The summed E-state index contributed by atoms with van der Waals surface area (Å²) >= 11 is 0. The van der Waals surface area contributed by atoms with Crippen molar-refractivity contribution < 1.29 is 14.3 Å². The van der Waals surface area contributed by atoms with Crippen LogP contribution in [-0.2, 0) is 20.9 Å². The van der Waals surface area contributed by atoms with Crippen molar-refractivity contribution in [1.29, 1.82) is 0 Å². The summed E-state index contributed by atoms with van der Waals surface area (Å²) in [5, 5.41) is 2.88. The highest BCUT2D eigenvalue weighted by molar-refractivity contribution is 5.94. The largest absolute Gasteiger partial charge is 0.364 e. The minimum absolute atomic E-state index is 0.0224. The molecule has 2 amide bonds. The number of anilines is 1. The Labute approximate surface area is 137 Å². The van der Waals surface area contributed by atoms with Gasteiger partial charge in [-0.05, 0) is 37.5 Å². The van der Waals surface area contributed by atoms with Crippen LogP contribution in [0.1, 0.15) is 32.3 Å². The Kier molecular flexibility index (Phi) is 6.12. The average Bonchev–Trinajstić information content (AvgIpc) is 3.02. The van der Waals surface area contributed by atoms with E-state index in [-0.39, 0.29) is 17.9 Å². The highest BCUT2D eigenvalue weighted by atomic mass is 16.5. The van der Waals surface area contributed by atoms with Crippen LogP contribution < -0.4 is 11.1 Å². The summed E-state index contributed by atoms with van der Waals surface area (Å²) in [6.07, 6.45) is 1.06. The molecule has 0 aromatic heterocycles. The maximum Gasteiger partial charge on any atom is 0.253 e. The zero-order valence-corrected chi connectivity index (χ0v) is 13.7. The van der Waals surface area contributed by atoms with Gasteiger partial charge in [0.1, 0.15) is 6.10 Å². The Hall–Kier alpha value is -1.92. The van der Waals surface area contributed by atoms with Crippen molar-refractivity contribution in [3.63, 3.8) is 0 Å². The van der Waals surface area contributed by atoms with E-state index in [2.05, 4.69) is 5.32 Å². The molecule has 0 bridgehead atoms. The summed E-state index contributed by atoms with van der Waals surface area (Å²) in [7, 11) is 0. The molecule has 0 spiro atoms. The van der Waals surface area contributed by atoms with Gasteiger partial charge >= 0.3 is 0 Å². The second-order valence-corrected chi connectivity index (χ2v) is 5.78. The zero-order chi connectivity index (χ0) is 16.8. The third-order valence-corrected chi connectivity index (χ3v) is 4.06. The van der Waals surface area contributed by atoms with Crippen LogP contribution in [0.5, 0.6) is 0 Å². The van der Waals surface area contributed by atoms with E-state index >= 15 is 0 Å². The summed E-state index contributed by atoms with van der Waals surface area (Å²) in [6.45, 7) is 5.13. The Morgan fingerprint density at radius 3 is 2.78 bits per heavy atom. The molecule has 0 radical (unpaired) electrons. The number of carbonyl (C=O) groups excluding carboxylic acids is 2. The molecule has 3 N–H and O–H groups in total. The molecule has 6 heteroatoms. The molecule has 1 saturated heterocycles. The van der Waals surface area contributed by atoms with E-state index in [1.807, 2.05) is 31.2 Å². The summed E-state index contributed by atoms with van der Waals surface area (Å²) in [4.78, 5) is 25.5. The van der Waals surface area contributed by atoms with Crippen molar-refractivity contribution in [1.82, 2.24) is 4.90 Å². The normalized spacial score (nSPS) is 20.3. The number of nitrogens with two attached hydrogens (primary N) is 1. The molecular formula is C17H25N3O3. The summed E-state index contributed by atoms with van der Waals surface area (Å²) in [5.74, 6) is -0.105. The lowest BCUT2D eigenvalue weighted by molar-refractivity contribution is -0.129. The molecule has 1 aromatic rings. The van der Waals surface area contributed by atoms with Crippen LogP contribution in [0.25, 0.3) is 0 Å². The molecular weight excluding hydrogens is 294 g/mol. The van der Waals surface area contributed by atoms with E-state index in [4.69, 9.17) is 10.5 Å². The van der Waals surface area contributed by atoms with Crippen LogP contribution in [0.4, 0.5) is 5.69 Å². The average molecular weight is 319 g/mol. The molecule has 6 nitrogen and oxygen atoms in total. The van der Waals surface area contributed by atoms with Crippen LogP contribution in [0, 0.1) is 0 Å². The number of nitrogens with zero attached hydrogens (tertiary/aromatic N) is 1. The monoisotopic (exact) mass is 319 g/mol. The second-order valence-electron chi connectivity index (χ2n) is 5.78. The number of hydrogen-bond acceptors (Lipinski definition) is 4. The van der Waals surface area contributed by atoms with Crippen molar-refractivity contribution in [2.24, 2.45) is 5.73 Å². The van der Waals surface area contributed by atoms with E-state index < -0.39 is 6.10 Å². The van der Waals surface area contributed by atoms with Gasteiger partial charge in [0.2, 0.25) is 5.91 Å². The number of ether oxygens (including phenoxy) is 1. The van der Waals surface area contributed by atoms with Crippen LogP contribution >= 0.6 is 0 Å². The van der Waals surface area contributed by atoms with Crippen molar-refractivity contribution in [3.05, 3.63) is 29.8 Å². The molecule has 0 unspecified atom stereocenters. The third kappa shape index (κ3) is 4.77. The minimum Gasteiger partial charge on any atom is -0.364 e. The maximum atomic E-state index is 12.2. The first-order valence-corrected chi connectivity index (χ1v) is 8.04. The molecule has 0 aliphatic carbocycles. The van der Waals surface area contributed by atoms with Gasteiger partial charge in [-0.15, -0.1) is 0 Å². The van der Waals surface area contributed by atoms with Crippen LogP contribution in [0.2, 0.25) is 0 Å². The first kappa shape index (κ1) is 17.4.